The van der Waals surface area contributed by atoms with E-state index in [9.17, 15) is 9.59 Å². The minimum Gasteiger partial charge on any atom is -0.502 e. The summed E-state index contributed by atoms with van der Waals surface area (Å²) >= 11 is 0. The van der Waals surface area contributed by atoms with E-state index in [4.69, 9.17) is 0 Å². The van der Waals surface area contributed by atoms with Gasteiger partial charge in [0.15, 0.2) is 0 Å². The number of hydrogen-bond donors (Lipinski definition) is 0. The molecule has 0 aromatic rings. The third-order valence-electron chi connectivity index (χ3n) is 0.905. The van der Waals surface area contributed by atoms with Gasteiger partial charge in [-0.1, -0.05) is 6.58 Å². The average molecular weight is 170 g/mol. The molecule has 0 atom stereocenters. The molecule has 1 rings (SSSR count). The van der Waals surface area contributed by atoms with Crippen molar-refractivity contribution in [1.29, 1.82) is 0 Å². The van der Waals surface area contributed by atoms with Crippen LogP contribution in [0.2, 0.25) is 0 Å². The Hall–Kier alpha value is -1.58. The molecule has 1 heterocycles. The smallest absolute Gasteiger partial charge is 0.338 e. The van der Waals surface area contributed by atoms with Crippen molar-refractivity contribution in [1.82, 2.24) is 0 Å². The van der Waals surface area contributed by atoms with Crippen molar-refractivity contribution >= 4 is 11.9 Å². The first kappa shape index (κ1) is 10.4. The molecule has 1 aliphatic rings. The molecule has 0 fully saturated rings. The van der Waals surface area contributed by atoms with Gasteiger partial charge in [0.25, 0.3) is 0 Å². The minimum atomic E-state index is -0.579. The largest absolute Gasteiger partial charge is 0.502 e. The molecule has 0 saturated carbocycles. The Bertz CT molecular complexity index is 211. The molecule has 66 valence electrons. The molecule has 0 aromatic carbocycles. The lowest BCUT2D eigenvalue weighted by Crippen LogP contribution is -1.96. The Labute approximate surface area is 70.5 Å². The number of cyclic esters (lactones) is 2. The summed E-state index contributed by atoms with van der Waals surface area (Å²) in [6, 6.07) is 0. The molecular weight excluding hydrogens is 160 g/mol. The molecule has 0 bridgehead atoms. The number of esters is 2. The lowest BCUT2D eigenvalue weighted by atomic mass is 10.6. The van der Waals surface area contributed by atoms with Crippen LogP contribution in [-0.4, -0.2) is 19.0 Å². The van der Waals surface area contributed by atoms with Crippen LogP contribution in [0.5, 0.6) is 0 Å². The predicted octanol–water partition coefficient (Wildman–Crippen LogP) is 0.792. The van der Waals surface area contributed by atoms with Gasteiger partial charge in [-0.3, -0.25) is 0 Å². The van der Waals surface area contributed by atoms with Crippen LogP contribution in [0.15, 0.2) is 24.5 Å². The van der Waals surface area contributed by atoms with Crippen LogP contribution in [0.4, 0.5) is 0 Å². The molecule has 4 nitrogen and oxygen atoms in total. The van der Waals surface area contributed by atoms with Gasteiger partial charge in [0, 0.05) is 12.2 Å². The average Bonchev–Trinajstić information content (AvgIpc) is 2.36. The number of carbonyl (C=O) groups is 2. The maximum Gasteiger partial charge on any atom is 0.338 e. The van der Waals surface area contributed by atoms with E-state index >= 15 is 0 Å². The summed E-state index contributed by atoms with van der Waals surface area (Å²) in [7, 11) is 1.60. The topological polar surface area (TPSA) is 52.6 Å². The standard InChI is InChI=1S/C4H2O3.C4H8O/c5-3-1-2-4(6)7-3;1-4(2)5-3/h1-2H;1H2,2-3H3. The summed E-state index contributed by atoms with van der Waals surface area (Å²) in [6.45, 7) is 5.26. The highest BCUT2D eigenvalue weighted by Gasteiger charge is 2.10. The highest BCUT2D eigenvalue weighted by Crippen LogP contribution is 1.92. The minimum absolute atomic E-state index is 0.579. The van der Waals surface area contributed by atoms with Gasteiger partial charge in [-0.15, -0.1) is 0 Å². The van der Waals surface area contributed by atoms with E-state index in [0.717, 1.165) is 17.9 Å². The van der Waals surface area contributed by atoms with Gasteiger partial charge >= 0.3 is 11.9 Å². The van der Waals surface area contributed by atoms with E-state index in [1.165, 1.54) is 0 Å². The predicted molar refractivity (Wildman–Crippen MR) is 42.1 cm³/mol. The van der Waals surface area contributed by atoms with Crippen molar-refractivity contribution in [3.63, 3.8) is 0 Å². The highest BCUT2D eigenvalue weighted by molar-refractivity contribution is 6.04. The Morgan fingerprint density at radius 2 is 1.75 bits per heavy atom. The van der Waals surface area contributed by atoms with E-state index in [1.807, 2.05) is 0 Å². The number of allylic oxidation sites excluding steroid dienone is 1. The van der Waals surface area contributed by atoms with Gasteiger partial charge in [0.2, 0.25) is 0 Å². The van der Waals surface area contributed by atoms with E-state index in [1.54, 1.807) is 14.0 Å². The number of hydrogen-bond acceptors (Lipinski definition) is 4. The first-order valence-electron chi connectivity index (χ1n) is 3.19. The second-order valence-corrected chi connectivity index (χ2v) is 1.98. The van der Waals surface area contributed by atoms with Crippen molar-refractivity contribution in [2.45, 2.75) is 6.92 Å². The summed E-state index contributed by atoms with van der Waals surface area (Å²) in [5.74, 6) is -0.403. The zero-order chi connectivity index (χ0) is 9.56. The number of ether oxygens (including phenoxy) is 2. The SMILES string of the molecule is C=C(C)OC.O=C1C=CC(=O)O1. The second kappa shape index (κ2) is 5.12. The number of carbonyl (C=O) groups excluding carboxylic acids is 2. The van der Waals surface area contributed by atoms with E-state index < -0.39 is 11.9 Å². The van der Waals surface area contributed by atoms with E-state index in [2.05, 4.69) is 16.1 Å². The molecule has 0 aliphatic carbocycles. The normalized spacial score (nSPS) is 13.2. The zero-order valence-corrected chi connectivity index (χ0v) is 6.99. The van der Waals surface area contributed by atoms with Crippen LogP contribution in [0, 0.1) is 0 Å². The molecule has 4 heteroatoms. The number of methoxy groups -OCH3 is 1. The van der Waals surface area contributed by atoms with Gasteiger partial charge in [0.1, 0.15) is 0 Å². The van der Waals surface area contributed by atoms with Crippen molar-refractivity contribution < 1.29 is 19.1 Å². The lowest BCUT2D eigenvalue weighted by molar-refractivity contribution is -0.150. The van der Waals surface area contributed by atoms with Gasteiger partial charge in [-0.2, -0.15) is 0 Å². The molecule has 0 aromatic heterocycles. The van der Waals surface area contributed by atoms with Crippen molar-refractivity contribution in [2.24, 2.45) is 0 Å². The first-order chi connectivity index (χ1) is 5.56. The van der Waals surface area contributed by atoms with Gasteiger partial charge in [0.05, 0.1) is 12.9 Å². The Kier molecular flexibility index (Phi) is 4.45. The van der Waals surface area contributed by atoms with Crippen LogP contribution in [0.3, 0.4) is 0 Å². The second-order valence-electron chi connectivity index (χ2n) is 1.98. The zero-order valence-electron chi connectivity index (χ0n) is 6.99. The molecule has 0 unspecified atom stereocenters. The molecule has 0 spiro atoms. The van der Waals surface area contributed by atoms with Gasteiger partial charge < -0.3 is 9.47 Å². The van der Waals surface area contributed by atoms with Crippen LogP contribution >= 0.6 is 0 Å². The van der Waals surface area contributed by atoms with Crippen molar-refractivity contribution in [3.8, 4) is 0 Å². The molecule has 0 saturated heterocycles. The monoisotopic (exact) mass is 170 g/mol. The Morgan fingerprint density at radius 3 is 1.83 bits per heavy atom. The van der Waals surface area contributed by atoms with E-state index in [0.29, 0.717) is 0 Å². The molecule has 0 N–H and O–H groups in total. The van der Waals surface area contributed by atoms with Crippen LogP contribution in [0.25, 0.3) is 0 Å². The fourth-order valence-electron chi connectivity index (χ4n) is 0.303. The Morgan fingerprint density at radius 1 is 1.42 bits per heavy atom. The maximum absolute atomic E-state index is 9.92. The summed E-state index contributed by atoms with van der Waals surface area (Å²) in [5, 5.41) is 0. The third-order valence-corrected chi connectivity index (χ3v) is 0.905. The highest BCUT2D eigenvalue weighted by atomic mass is 16.6. The van der Waals surface area contributed by atoms with Crippen LogP contribution in [0.1, 0.15) is 6.92 Å². The molecule has 12 heavy (non-hydrogen) atoms. The Balaban J connectivity index is 0.000000217. The first-order valence-corrected chi connectivity index (χ1v) is 3.19. The van der Waals surface area contributed by atoms with Crippen molar-refractivity contribution in [2.75, 3.05) is 7.11 Å². The van der Waals surface area contributed by atoms with E-state index in [-0.39, 0.29) is 0 Å². The molecule has 1 aliphatic heterocycles. The van der Waals surface area contributed by atoms with Crippen LogP contribution < -0.4 is 0 Å². The summed E-state index contributed by atoms with van der Waals surface area (Å²) < 4.78 is 8.53. The van der Waals surface area contributed by atoms with Gasteiger partial charge in [-0.25, -0.2) is 9.59 Å². The van der Waals surface area contributed by atoms with Crippen molar-refractivity contribution in [3.05, 3.63) is 24.5 Å². The lowest BCUT2D eigenvalue weighted by Gasteiger charge is -1.88. The maximum atomic E-state index is 9.92. The molecule has 0 amide bonds. The summed E-state index contributed by atoms with van der Waals surface area (Å²) in [4.78, 5) is 19.8. The van der Waals surface area contributed by atoms with Crippen LogP contribution in [-0.2, 0) is 19.1 Å². The third kappa shape index (κ3) is 5.22. The fraction of sp³-hybridized carbons (Fsp3) is 0.250. The number of rotatable bonds is 1. The summed E-state index contributed by atoms with van der Waals surface area (Å²) in [5.41, 5.74) is 0. The summed E-state index contributed by atoms with van der Waals surface area (Å²) in [6.07, 6.45) is 2.17. The van der Waals surface area contributed by atoms with Gasteiger partial charge in [-0.05, 0) is 6.92 Å². The quantitative estimate of drug-likeness (QED) is 0.331. The fourth-order valence-corrected chi connectivity index (χ4v) is 0.303. The molecular formula is C8H10O4. The molecule has 0 radical (unpaired) electrons.